The molecule has 0 fully saturated rings. The van der Waals surface area contributed by atoms with Crippen molar-refractivity contribution < 1.29 is 4.42 Å². The molecule has 10 nitrogen and oxygen atoms in total. The van der Waals surface area contributed by atoms with Crippen molar-refractivity contribution in [2.75, 3.05) is 0 Å². The van der Waals surface area contributed by atoms with Crippen LogP contribution in [0.4, 0.5) is 0 Å². The van der Waals surface area contributed by atoms with Crippen molar-refractivity contribution >= 4 is 11.8 Å². The second-order valence-corrected chi connectivity index (χ2v) is 9.17. The minimum absolute atomic E-state index is 0.215. The van der Waals surface area contributed by atoms with Gasteiger partial charge in [-0.25, -0.2) is 4.68 Å². The molecule has 2 aromatic carbocycles. The van der Waals surface area contributed by atoms with Crippen LogP contribution in [-0.2, 0) is 7.05 Å². The predicted octanol–water partition coefficient (Wildman–Crippen LogP) is 3.67. The normalized spacial score (nSPS) is 12.2. The molecular formula is C23H22N8O2S. The topological polar surface area (TPSA) is 109 Å². The third kappa shape index (κ3) is 3.83. The minimum atomic E-state index is -0.240. The molecule has 11 heteroatoms. The molecule has 34 heavy (non-hydrogen) atoms. The second-order valence-electron chi connectivity index (χ2n) is 7.86. The van der Waals surface area contributed by atoms with Crippen LogP contribution in [0.25, 0.3) is 22.8 Å². The molecule has 5 rings (SSSR count). The van der Waals surface area contributed by atoms with E-state index in [9.17, 15) is 4.79 Å². The van der Waals surface area contributed by atoms with Crippen LogP contribution < -0.4 is 5.56 Å². The number of nitrogens with zero attached hydrogens (tertiary/aromatic N) is 8. The second kappa shape index (κ2) is 8.75. The molecule has 0 saturated carbocycles. The van der Waals surface area contributed by atoms with Crippen molar-refractivity contribution in [1.29, 1.82) is 0 Å². The van der Waals surface area contributed by atoms with Crippen LogP contribution in [0.15, 0.2) is 69.0 Å². The van der Waals surface area contributed by atoms with E-state index in [1.165, 1.54) is 16.4 Å². The molecule has 3 aromatic heterocycles. The van der Waals surface area contributed by atoms with Crippen LogP contribution >= 0.6 is 11.8 Å². The SMILES string of the molecule is Cc1cccc(-c2nnc(C(C)Sc3nnnn3-c3c(C)n(C)n(-c4ccccc4)c3=O)o2)c1. The molecule has 0 spiro atoms. The smallest absolute Gasteiger partial charge is 0.297 e. The molecule has 3 heterocycles. The molecule has 0 aliphatic rings. The number of benzene rings is 2. The van der Waals surface area contributed by atoms with Gasteiger partial charge in [0.25, 0.3) is 5.56 Å². The highest BCUT2D eigenvalue weighted by molar-refractivity contribution is 7.99. The molecule has 0 radical (unpaired) electrons. The predicted molar refractivity (Wildman–Crippen MR) is 127 cm³/mol. The fourth-order valence-corrected chi connectivity index (χ4v) is 4.52. The largest absolute Gasteiger partial charge is 0.419 e. The van der Waals surface area contributed by atoms with Crippen molar-refractivity contribution in [1.82, 2.24) is 39.8 Å². The summed E-state index contributed by atoms with van der Waals surface area (Å²) in [7, 11) is 1.83. The number of tetrazole rings is 1. The molecule has 1 atom stereocenters. The van der Waals surface area contributed by atoms with Gasteiger partial charge < -0.3 is 4.42 Å². The number of aryl methyl sites for hydroxylation is 1. The van der Waals surface area contributed by atoms with Gasteiger partial charge in [-0.1, -0.05) is 47.7 Å². The summed E-state index contributed by atoms with van der Waals surface area (Å²) in [4.78, 5) is 13.4. The van der Waals surface area contributed by atoms with E-state index in [2.05, 4.69) is 25.7 Å². The van der Waals surface area contributed by atoms with Crippen molar-refractivity contribution in [3.8, 4) is 22.8 Å². The van der Waals surface area contributed by atoms with Gasteiger partial charge in [0.15, 0.2) is 5.69 Å². The Hall–Kier alpha value is -3.99. The zero-order valence-corrected chi connectivity index (χ0v) is 19.9. The van der Waals surface area contributed by atoms with Crippen molar-refractivity contribution in [3.63, 3.8) is 0 Å². The van der Waals surface area contributed by atoms with Gasteiger partial charge in [0.1, 0.15) is 0 Å². The summed E-state index contributed by atoms with van der Waals surface area (Å²) in [5.41, 5.74) is 3.63. The summed E-state index contributed by atoms with van der Waals surface area (Å²) in [5, 5.41) is 20.7. The van der Waals surface area contributed by atoms with Gasteiger partial charge in [0.05, 0.1) is 16.6 Å². The van der Waals surface area contributed by atoms with E-state index >= 15 is 0 Å². The van der Waals surface area contributed by atoms with E-state index in [1.54, 1.807) is 9.36 Å². The molecule has 0 saturated heterocycles. The van der Waals surface area contributed by atoms with Gasteiger partial charge in [-0.2, -0.15) is 4.68 Å². The van der Waals surface area contributed by atoms with E-state index in [4.69, 9.17) is 4.42 Å². The fraction of sp³-hybridized carbons (Fsp3) is 0.217. The third-order valence-electron chi connectivity index (χ3n) is 5.51. The Morgan fingerprint density at radius 3 is 2.56 bits per heavy atom. The number of thioether (sulfide) groups is 1. The first kappa shape index (κ1) is 21.8. The zero-order chi connectivity index (χ0) is 23.8. The molecule has 172 valence electrons. The molecule has 0 bridgehead atoms. The standard InChI is InChI=1S/C23H22N8O2S/c1-14-9-8-10-17(13-14)21-25-24-20(33-21)16(3)34-23-26-27-28-30(23)19-15(2)29(4)31(22(19)32)18-11-6-5-7-12-18/h5-13,16H,1-4H3. The molecule has 0 aliphatic heterocycles. The van der Waals surface area contributed by atoms with Gasteiger partial charge in [-0.15, -0.1) is 15.3 Å². The van der Waals surface area contributed by atoms with Crippen LogP contribution in [0.2, 0.25) is 0 Å². The molecule has 5 aromatic rings. The Kier molecular flexibility index (Phi) is 5.62. The van der Waals surface area contributed by atoms with Crippen LogP contribution in [0.1, 0.15) is 29.3 Å². The summed E-state index contributed by atoms with van der Waals surface area (Å²) in [6.45, 7) is 5.80. The number of rotatable bonds is 6. The lowest BCUT2D eigenvalue weighted by molar-refractivity contribution is 0.508. The number of hydrogen-bond acceptors (Lipinski definition) is 8. The Morgan fingerprint density at radius 1 is 1.00 bits per heavy atom. The Balaban J connectivity index is 1.46. The van der Waals surface area contributed by atoms with E-state index in [1.807, 2.05) is 82.4 Å². The molecule has 0 amide bonds. The first-order valence-electron chi connectivity index (χ1n) is 10.6. The maximum absolute atomic E-state index is 13.4. The van der Waals surface area contributed by atoms with Gasteiger partial charge in [0.2, 0.25) is 16.9 Å². The monoisotopic (exact) mass is 474 g/mol. The van der Waals surface area contributed by atoms with E-state index in [-0.39, 0.29) is 10.8 Å². The van der Waals surface area contributed by atoms with Gasteiger partial charge in [-0.3, -0.25) is 9.48 Å². The summed E-state index contributed by atoms with van der Waals surface area (Å²) in [5.74, 6) is 0.901. The van der Waals surface area contributed by atoms with Crippen LogP contribution in [0.5, 0.6) is 0 Å². The molecule has 0 N–H and O–H groups in total. The maximum atomic E-state index is 13.4. The highest BCUT2D eigenvalue weighted by atomic mass is 32.2. The molecular weight excluding hydrogens is 452 g/mol. The van der Waals surface area contributed by atoms with E-state index < -0.39 is 0 Å². The number of hydrogen-bond donors (Lipinski definition) is 0. The minimum Gasteiger partial charge on any atom is -0.419 e. The number of para-hydroxylation sites is 1. The van der Waals surface area contributed by atoms with Crippen LogP contribution in [0.3, 0.4) is 0 Å². The molecule has 1 unspecified atom stereocenters. The van der Waals surface area contributed by atoms with Crippen molar-refractivity contribution in [3.05, 3.63) is 82.1 Å². The summed E-state index contributed by atoms with van der Waals surface area (Å²) in [6.07, 6.45) is 0. The average Bonchev–Trinajstić information content (AvgIpc) is 3.54. The summed E-state index contributed by atoms with van der Waals surface area (Å²) in [6, 6.07) is 17.3. The van der Waals surface area contributed by atoms with E-state index in [0.717, 1.165) is 22.5 Å². The van der Waals surface area contributed by atoms with Crippen molar-refractivity contribution in [2.24, 2.45) is 7.05 Å². The first-order valence-corrected chi connectivity index (χ1v) is 11.5. The number of aromatic nitrogens is 8. The van der Waals surface area contributed by atoms with Gasteiger partial charge in [-0.05, 0) is 55.5 Å². The highest BCUT2D eigenvalue weighted by Crippen LogP contribution is 2.34. The first-order chi connectivity index (χ1) is 16.4. The molecule has 0 aliphatic carbocycles. The Bertz CT molecular complexity index is 1520. The lowest BCUT2D eigenvalue weighted by atomic mass is 10.1. The van der Waals surface area contributed by atoms with E-state index in [0.29, 0.717) is 22.6 Å². The van der Waals surface area contributed by atoms with Crippen LogP contribution in [-0.4, -0.2) is 39.8 Å². The quantitative estimate of drug-likeness (QED) is 0.343. The van der Waals surface area contributed by atoms with Crippen molar-refractivity contribution in [2.45, 2.75) is 31.2 Å². The maximum Gasteiger partial charge on any atom is 0.297 e. The highest BCUT2D eigenvalue weighted by Gasteiger charge is 2.25. The summed E-state index contributed by atoms with van der Waals surface area (Å²) >= 11 is 1.34. The average molecular weight is 475 g/mol. The van der Waals surface area contributed by atoms with Gasteiger partial charge >= 0.3 is 0 Å². The Morgan fingerprint density at radius 2 is 1.79 bits per heavy atom. The fourth-order valence-electron chi connectivity index (χ4n) is 3.69. The lowest BCUT2D eigenvalue weighted by Gasteiger charge is -2.07. The lowest BCUT2D eigenvalue weighted by Crippen LogP contribution is -2.22. The van der Waals surface area contributed by atoms with Gasteiger partial charge in [0, 0.05) is 12.6 Å². The zero-order valence-electron chi connectivity index (χ0n) is 19.1. The van der Waals surface area contributed by atoms with Crippen LogP contribution in [0, 0.1) is 13.8 Å². The summed E-state index contributed by atoms with van der Waals surface area (Å²) < 4.78 is 10.8. The Labute approximate surface area is 199 Å². The third-order valence-corrected chi connectivity index (χ3v) is 6.53.